The Morgan fingerprint density at radius 1 is 0.952 bits per heavy atom. The van der Waals surface area contributed by atoms with E-state index in [0.29, 0.717) is 18.1 Å². The van der Waals surface area contributed by atoms with Crippen molar-refractivity contribution in [2.45, 2.75) is 31.9 Å². The Morgan fingerprint density at radius 3 is 2.50 bits per heavy atom. The van der Waals surface area contributed by atoms with E-state index < -0.39 is 5.97 Å². The molecule has 214 valence electrons. The second-order valence-electron chi connectivity index (χ2n) is 10.2. The van der Waals surface area contributed by atoms with Gasteiger partial charge in [-0.15, -0.1) is 0 Å². The third-order valence-electron chi connectivity index (χ3n) is 7.54. The van der Waals surface area contributed by atoms with Gasteiger partial charge in [0.05, 0.1) is 18.2 Å². The van der Waals surface area contributed by atoms with Crippen LogP contribution in [0.3, 0.4) is 0 Å². The number of ether oxygens (including phenoxy) is 5. The predicted molar refractivity (Wildman–Crippen MR) is 152 cm³/mol. The summed E-state index contributed by atoms with van der Waals surface area (Å²) in [5.74, 6) is 2.82. The molecule has 0 saturated carbocycles. The number of carboxylic acid groups (broad SMARTS) is 1. The van der Waals surface area contributed by atoms with Crippen LogP contribution in [0.4, 0.5) is 0 Å². The van der Waals surface area contributed by atoms with Gasteiger partial charge in [0.2, 0.25) is 12.5 Å². The number of aryl methyl sites for hydroxylation is 2. The fourth-order valence-corrected chi connectivity index (χ4v) is 5.57. The van der Waals surface area contributed by atoms with Gasteiger partial charge < -0.3 is 33.6 Å². The normalized spacial score (nSPS) is 15.7. The molecule has 3 heterocycles. The molecule has 0 fully saturated rings. The lowest BCUT2D eigenvalue weighted by Gasteiger charge is -2.25. The fourth-order valence-electron chi connectivity index (χ4n) is 5.57. The number of nitrogens with zero attached hydrogens (tertiary/aromatic N) is 1. The number of benzene rings is 3. The molecule has 42 heavy (non-hydrogen) atoms. The maximum atomic E-state index is 10.5. The Bertz CT molecular complexity index is 1650. The Hall–Kier alpha value is -4.82. The molecule has 0 amide bonds. The summed E-state index contributed by atoms with van der Waals surface area (Å²) in [7, 11) is 3.43. The van der Waals surface area contributed by atoms with Gasteiger partial charge in [0.25, 0.3) is 0 Å². The number of methoxy groups -OCH3 is 2. The molecule has 3 aromatic carbocycles. The standard InChI is InChI=1S/C20H20NO4.C14H12O3/c1-22-17-4-3-12-7-16-14-9-19-18(24-11-25-19)8-13(14)5-6-21(16)10-15(12)20(17)23-2;15-14(16)10-11-5-4-8-13(9-11)17-12-6-2-1-3-7-12/h4,7-10,20H,3,5-6,11H2,1-2H3;1-9H,10H2,(H,15,16)/q+1;/p-1. The summed E-state index contributed by atoms with van der Waals surface area (Å²) in [4.78, 5) is 10.5. The topological polar surface area (TPSA) is 90.2 Å². The summed E-state index contributed by atoms with van der Waals surface area (Å²) < 4.78 is 30.2. The molecular weight excluding hydrogens is 534 g/mol. The van der Waals surface area contributed by atoms with Gasteiger partial charge in [0.15, 0.2) is 24.2 Å². The first-order valence-electron chi connectivity index (χ1n) is 13.8. The first-order valence-corrected chi connectivity index (χ1v) is 13.8. The molecule has 0 saturated heterocycles. The minimum absolute atomic E-state index is 0.105. The molecule has 1 aliphatic carbocycles. The number of hydrogen-bond donors (Lipinski definition) is 0. The van der Waals surface area contributed by atoms with Crippen LogP contribution in [0.2, 0.25) is 0 Å². The molecule has 1 aromatic heterocycles. The Kier molecular flexibility index (Phi) is 7.79. The monoisotopic (exact) mass is 565 g/mol. The number of carbonyl (C=O) groups excluding carboxylic acids is 1. The highest BCUT2D eigenvalue weighted by Crippen LogP contribution is 2.41. The first kappa shape index (κ1) is 27.4. The molecule has 0 spiro atoms. The van der Waals surface area contributed by atoms with Crippen LogP contribution in [0.1, 0.15) is 28.4 Å². The molecular formula is C34H31NO7. The molecule has 0 N–H and O–H groups in total. The summed E-state index contributed by atoms with van der Waals surface area (Å²) >= 11 is 0. The van der Waals surface area contributed by atoms with E-state index in [0.717, 1.165) is 42.4 Å². The van der Waals surface area contributed by atoms with Gasteiger partial charge in [-0.25, -0.2) is 0 Å². The Labute approximate surface area is 244 Å². The molecule has 8 heteroatoms. The predicted octanol–water partition coefficient (Wildman–Crippen LogP) is 4.47. The third-order valence-corrected chi connectivity index (χ3v) is 7.54. The second-order valence-corrected chi connectivity index (χ2v) is 10.2. The summed E-state index contributed by atoms with van der Waals surface area (Å²) in [6, 6.07) is 22.8. The average molecular weight is 566 g/mol. The van der Waals surface area contributed by atoms with Crippen LogP contribution in [-0.2, 0) is 40.1 Å². The first-order chi connectivity index (χ1) is 20.5. The van der Waals surface area contributed by atoms with E-state index in [2.05, 4.69) is 35.0 Å². The van der Waals surface area contributed by atoms with E-state index in [1.165, 1.54) is 27.9 Å². The van der Waals surface area contributed by atoms with Gasteiger partial charge >= 0.3 is 0 Å². The number of aromatic nitrogens is 1. The molecule has 3 aliphatic rings. The van der Waals surface area contributed by atoms with Crippen LogP contribution in [0, 0.1) is 0 Å². The zero-order chi connectivity index (χ0) is 29.1. The van der Waals surface area contributed by atoms with Gasteiger partial charge in [-0.1, -0.05) is 30.3 Å². The maximum Gasteiger partial charge on any atom is 0.231 e. The number of fused-ring (bicyclic) bond motifs is 5. The Balaban J connectivity index is 0.000000163. The zero-order valence-electron chi connectivity index (χ0n) is 23.5. The zero-order valence-corrected chi connectivity index (χ0v) is 23.5. The average Bonchev–Trinajstić information content (AvgIpc) is 3.47. The minimum atomic E-state index is -1.10. The number of carbonyl (C=O) groups is 1. The molecule has 8 nitrogen and oxygen atoms in total. The van der Waals surface area contributed by atoms with Crippen molar-refractivity contribution in [1.82, 2.24) is 0 Å². The SMILES string of the molecule is COC1=CCc2cc3[n+](cc2C1OC)CCc1cc2c(cc1-3)OCO2.O=C([O-])Cc1cccc(Oc2ccccc2)c1. The van der Waals surface area contributed by atoms with Gasteiger partial charge in [0, 0.05) is 32.0 Å². The lowest BCUT2D eigenvalue weighted by atomic mass is 9.90. The maximum absolute atomic E-state index is 10.5. The van der Waals surface area contributed by atoms with Crippen LogP contribution >= 0.6 is 0 Å². The minimum Gasteiger partial charge on any atom is -0.550 e. The number of hydrogen-bond acceptors (Lipinski definition) is 7. The summed E-state index contributed by atoms with van der Waals surface area (Å²) in [5, 5.41) is 10.5. The summed E-state index contributed by atoms with van der Waals surface area (Å²) in [6.45, 7) is 1.25. The van der Waals surface area contributed by atoms with Crippen molar-refractivity contribution < 1.29 is 38.2 Å². The van der Waals surface area contributed by atoms with Gasteiger partial charge in [-0.3, -0.25) is 0 Å². The molecule has 4 aromatic rings. The van der Waals surface area contributed by atoms with Crippen molar-refractivity contribution in [3.63, 3.8) is 0 Å². The molecule has 2 aliphatic heterocycles. The largest absolute Gasteiger partial charge is 0.550 e. The van der Waals surface area contributed by atoms with Crippen molar-refractivity contribution in [3.8, 4) is 34.3 Å². The fraction of sp³-hybridized carbons (Fsp3) is 0.235. The highest BCUT2D eigenvalue weighted by atomic mass is 16.7. The third kappa shape index (κ3) is 5.66. The van der Waals surface area contributed by atoms with Gasteiger partial charge in [0.1, 0.15) is 23.4 Å². The van der Waals surface area contributed by atoms with Crippen LogP contribution in [0.25, 0.3) is 11.3 Å². The smallest absolute Gasteiger partial charge is 0.231 e. The second kappa shape index (κ2) is 12.0. The number of pyridine rings is 1. The van der Waals surface area contributed by atoms with Crippen molar-refractivity contribution in [2.24, 2.45) is 0 Å². The van der Waals surface area contributed by atoms with E-state index in [-0.39, 0.29) is 12.5 Å². The van der Waals surface area contributed by atoms with E-state index >= 15 is 0 Å². The summed E-state index contributed by atoms with van der Waals surface area (Å²) in [5.41, 5.74) is 6.91. The summed E-state index contributed by atoms with van der Waals surface area (Å²) in [6.07, 6.45) is 5.92. The van der Waals surface area contributed by atoms with E-state index in [4.69, 9.17) is 23.7 Å². The number of rotatable bonds is 6. The van der Waals surface area contributed by atoms with Crippen LogP contribution in [-0.4, -0.2) is 27.0 Å². The van der Waals surface area contributed by atoms with Crippen LogP contribution in [0.5, 0.6) is 23.0 Å². The van der Waals surface area contributed by atoms with Crippen LogP contribution in [0.15, 0.2) is 90.8 Å². The van der Waals surface area contributed by atoms with Gasteiger partial charge in [-0.2, -0.15) is 4.57 Å². The van der Waals surface area contributed by atoms with Crippen molar-refractivity contribution in [2.75, 3.05) is 21.0 Å². The molecule has 0 bridgehead atoms. The number of allylic oxidation sites excluding steroid dienone is 1. The lowest BCUT2D eigenvalue weighted by molar-refractivity contribution is -0.688. The highest BCUT2D eigenvalue weighted by molar-refractivity contribution is 5.69. The number of carboxylic acids is 1. The molecule has 0 radical (unpaired) electrons. The van der Waals surface area contributed by atoms with Crippen molar-refractivity contribution in [1.29, 1.82) is 0 Å². The van der Waals surface area contributed by atoms with Gasteiger partial charge in [-0.05, 0) is 65.6 Å². The van der Waals surface area contributed by atoms with E-state index in [1.54, 1.807) is 38.5 Å². The lowest BCUT2D eigenvalue weighted by Crippen LogP contribution is -2.41. The van der Waals surface area contributed by atoms with E-state index in [9.17, 15) is 9.90 Å². The number of para-hydroxylation sites is 1. The Morgan fingerprint density at radius 2 is 1.74 bits per heavy atom. The molecule has 7 rings (SSSR count). The van der Waals surface area contributed by atoms with Crippen molar-refractivity contribution >= 4 is 5.97 Å². The number of aliphatic carboxylic acids is 1. The quantitative estimate of drug-likeness (QED) is 0.319. The molecule has 1 unspecified atom stereocenters. The van der Waals surface area contributed by atoms with Crippen LogP contribution < -0.4 is 23.9 Å². The van der Waals surface area contributed by atoms with Crippen molar-refractivity contribution in [3.05, 3.63) is 113 Å². The van der Waals surface area contributed by atoms with E-state index in [1.807, 2.05) is 30.3 Å². The molecule has 1 atom stereocenters. The highest BCUT2D eigenvalue weighted by Gasteiger charge is 2.33.